The molecule has 0 fully saturated rings. The van der Waals surface area contributed by atoms with E-state index >= 15 is 0 Å². The van der Waals surface area contributed by atoms with E-state index in [0.717, 1.165) is 29.4 Å². The molecule has 1 heterocycles. The van der Waals surface area contributed by atoms with Gasteiger partial charge < -0.3 is 5.32 Å². The van der Waals surface area contributed by atoms with Crippen LogP contribution in [-0.2, 0) is 13.1 Å². The fraction of sp³-hybridized carbons (Fsp3) is 0.333. The van der Waals surface area contributed by atoms with Crippen LogP contribution in [0.2, 0.25) is 0 Å². The smallest absolute Gasteiger partial charge is 0.144 e. The van der Waals surface area contributed by atoms with Crippen molar-refractivity contribution in [3.8, 4) is 0 Å². The SMILES string of the molecule is CNc1cc(C)nc(CN(C)Cc2ccc(F)cc2)n1. The highest BCUT2D eigenvalue weighted by molar-refractivity contribution is 5.34. The van der Waals surface area contributed by atoms with Crippen molar-refractivity contribution in [2.24, 2.45) is 0 Å². The van der Waals surface area contributed by atoms with Crippen molar-refractivity contribution in [3.05, 3.63) is 53.2 Å². The second kappa shape index (κ2) is 6.43. The molecule has 0 spiro atoms. The maximum atomic E-state index is 12.9. The molecular weight excluding hydrogens is 255 g/mol. The van der Waals surface area contributed by atoms with Crippen LogP contribution in [0.25, 0.3) is 0 Å². The minimum Gasteiger partial charge on any atom is -0.373 e. The first-order valence-electron chi connectivity index (χ1n) is 6.52. The van der Waals surface area contributed by atoms with Gasteiger partial charge in [-0.1, -0.05) is 12.1 Å². The minimum atomic E-state index is -0.211. The van der Waals surface area contributed by atoms with Crippen molar-refractivity contribution in [2.45, 2.75) is 20.0 Å². The number of aryl methyl sites for hydroxylation is 1. The summed E-state index contributed by atoms with van der Waals surface area (Å²) in [7, 11) is 3.84. The van der Waals surface area contributed by atoms with Gasteiger partial charge in [0.1, 0.15) is 17.5 Å². The number of nitrogens with one attached hydrogen (secondary N) is 1. The van der Waals surface area contributed by atoms with E-state index in [0.29, 0.717) is 6.54 Å². The number of hydrogen-bond acceptors (Lipinski definition) is 4. The molecule has 2 rings (SSSR count). The Morgan fingerprint density at radius 1 is 1.15 bits per heavy atom. The van der Waals surface area contributed by atoms with Gasteiger partial charge in [-0.2, -0.15) is 0 Å². The van der Waals surface area contributed by atoms with E-state index in [2.05, 4.69) is 20.2 Å². The zero-order chi connectivity index (χ0) is 14.5. The van der Waals surface area contributed by atoms with Gasteiger partial charge >= 0.3 is 0 Å². The molecular formula is C15H19FN4. The molecule has 106 valence electrons. The number of hydrogen-bond donors (Lipinski definition) is 1. The Hall–Kier alpha value is -2.01. The van der Waals surface area contributed by atoms with E-state index in [1.165, 1.54) is 12.1 Å². The highest BCUT2D eigenvalue weighted by Crippen LogP contribution is 2.10. The van der Waals surface area contributed by atoms with Gasteiger partial charge in [0, 0.05) is 25.4 Å². The summed E-state index contributed by atoms with van der Waals surface area (Å²) in [5.74, 6) is 1.39. The Bertz CT molecular complexity index is 569. The number of nitrogens with zero attached hydrogens (tertiary/aromatic N) is 3. The summed E-state index contributed by atoms with van der Waals surface area (Å²) in [5, 5.41) is 3.03. The van der Waals surface area contributed by atoms with E-state index in [1.807, 2.05) is 27.1 Å². The van der Waals surface area contributed by atoms with Crippen molar-refractivity contribution in [2.75, 3.05) is 19.4 Å². The summed E-state index contributed by atoms with van der Waals surface area (Å²) in [4.78, 5) is 10.9. The summed E-state index contributed by atoms with van der Waals surface area (Å²) >= 11 is 0. The first-order valence-corrected chi connectivity index (χ1v) is 6.52. The molecule has 0 amide bonds. The van der Waals surface area contributed by atoms with Gasteiger partial charge in [0.05, 0.1) is 6.54 Å². The number of anilines is 1. The minimum absolute atomic E-state index is 0.211. The lowest BCUT2D eigenvalue weighted by molar-refractivity contribution is 0.310. The molecule has 4 nitrogen and oxygen atoms in total. The summed E-state index contributed by atoms with van der Waals surface area (Å²) in [6.45, 7) is 3.33. The normalized spacial score (nSPS) is 10.8. The zero-order valence-corrected chi connectivity index (χ0v) is 12.0. The van der Waals surface area contributed by atoms with Gasteiger partial charge in [-0.05, 0) is 31.7 Å². The van der Waals surface area contributed by atoms with Gasteiger partial charge in [0.2, 0.25) is 0 Å². The van der Waals surface area contributed by atoms with Crippen molar-refractivity contribution < 1.29 is 4.39 Å². The van der Waals surface area contributed by atoms with Crippen LogP contribution in [0.3, 0.4) is 0 Å². The molecule has 0 radical (unpaired) electrons. The van der Waals surface area contributed by atoms with Gasteiger partial charge in [-0.25, -0.2) is 14.4 Å². The van der Waals surface area contributed by atoms with Crippen LogP contribution >= 0.6 is 0 Å². The van der Waals surface area contributed by atoms with E-state index in [-0.39, 0.29) is 5.82 Å². The third-order valence-electron chi connectivity index (χ3n) is 2.93. The van der Waals surface area contributed by atoms with Gasteiger partial charge in [0.25, 0.3) is 0 Å². The zero-order valence-electron chi connectivity index (χ0n) is 12.0. The third kappa shape index (κ3) is 3.99. The number of benzene rings is 1. The average molecular weight is 274 g/mol. The molecule has 0 aliphatic rings. The van der Waals surface area contributed by atoms with Gasteiger partial charge in [0.15, 0.2) is 0 Å². The van der Waals surface area contributed by atoms with E-state index in [4.69, 9.17) is 0 Å². The molecule has 0 saturated carbocycles. The van der Waals surface area contributed by atoms with Gasteiger partial charge in [-0.15, -0.1) is 0 Å². The third-order valence-corrected chi connectivity index (χ3v) is 2.93. The predicted molar refractivity (Wildman–Crippen MR) is 77.9 cm³/mol. The summed E-state index contributed by atoms with van der Waals surface area (Å²) in [6.07, 6.45) is 0. The molecule has 1 N–H and O–H groups in total. The maximum absolute atomic E-state index is 12.9. The second-order valence-electron chi connectivity index (χ2n) is 4.86. The monoisotopic (exact) mass is 274 g/mol. The molecule has 0 saturated heterocycles. The average Bonchev–Trinajstić information content (AvgIpc) is 2.40. The van der Waals surface area contributed by atoms with Crippen LogP contribution < -0.4 is 5.32 Å². The van der Waals surface area contributed by atoms with Crippen molar-refractivity contribution in [1.82, 2.24) is 14.9 Å². The van der Waals surface area contributed by atoms with Crippen molar-refractivity contribution >= 4 is 5.82 Å². The number of aromatic nitrogens is 2. The van der Waals surface area contributed by atoms with E-state index in [9.17, 15) is 4.39 Å². The maximum Gasteiger partial charge on any atom is 0.144 e. The highest BCUT2D eigenvalue weighted by Gasteiger charge is 2.06. The Morgan fingerprint density at radius 2 is 1.85 bits per heavy atom. The van der Waals surface area contributed by atoms with Crippen LogP contribution in [-0.4, -0.2) is 29.0 Å². The van der Waals surface area contributed by atoms with Crippen LogP contribution in [0.4, 0.5) is 10.2 Å². The quantitative estimate of drug-likeness (QED) is 0.910. The van der Waals surface area contributed by atoms with Crippen LogP contribution in [0.15, 0.2) is 30.3 Å². The molecule has 1 aromatic carbocycles. The lowest BCUT2D eigenvalue weighted by Crippen LogP contribution is -2.19. The van der Waals surface area contributed by atoms with E-state index in [1.54, 1.807) is 12.1 Å². The molecule has 2 aromatic rings. The second-order valence-corrected chi connectivity index (χ2v) is 4.86. The molecule has 20 heavy (non-hydrogen) atoms. The first-order chi connectivity index (χ1) is 9.56. The van der Waals surface area contributed by atoms with Crippen molar-refractivity contribution in [1.29, 1.82) is 0 Å². The summed E-state index contributed by atoms with van der Waals surface area (Å²) in [5.41, 5.74) is 2.00. The Morgan fingerprint density at radius 3 is 2.50 bits per heavy atom. The predicted octanol–water partition coefficient (Wildman–Crippen LogP) is 2.60. The Kier molecular flexibility index (Phi) is 4.63. The van der Waals surface area contributed by atoms with Crippen LogP contribution in [0, 0.1) is 12.7 Å². The number of rotatable bonds is 5. The lowest BCUT2D eigenvalue weighted by Gasteiger charge is -2.16. The summed E-state index contributed by atoms with van der Waals surface area (Å²) < 4.78 is 12.9. The molecule has 5 heteroatoms. The number of halogens is 1. The molecule has 1 aromatic heterocycles. The Balaban J connectivity index is 2.02. The first kappa shape index (κ1) is 14.4. The standard InChI is InChI=1S/C15H19FN4/c1-11-8-14(17-2)19-15(18-11)10-20(3)9-12-4-6-13(16)7-5-12/h4-8H,9-10H2,1-3H3,(H,17,18,19). The molecule has 0 unspecified atom stereocenters. The van der Waals surface area contributed by atoms with E-state index < -0.39 is 0 Å². The lowest BCUT2D eigenvalue weighted by atomic mass is 10.2. The fourth-order valence-corrected chi connectivity index (χ4v) is 2.03. The fourth-order valence-electron chi connectivity index (χ4n) is 2.03. The molecule has 0 aliphatic carbocycles. The largest absolute Gasteiger partial charge is 0.373 e. The Labute approximate surface area is 118 Å². The topological polar surface area (TPSA) is 41.1 Å². The van der Waals surface area contributed by atoms with Gasteiger partial charge in [-0.3, -0.25) is 4.90 Å². The molecule has 0 atom stereocenters. The molecule has 0 aliphatic heterocycles. The van der Waals surface area contributed by atoms with Crippen molar-refractivity contribution in [3.63, 3.8) is 0 Å². The summed E-state index contributed by atoms with van der Waals surface area (Å²) in [6, 6.07) is 8.45. The van der Waals surface area contributed by atoms with Crippen LogP contribution in [0.1, 0.15) is 17.1 Å². The molecule has 0 bridgehead atoms. The highest BCUT2D eigenvalue weighted by atomic mass is 19.1. The van der Waals surface area contributed by atoms with Crippen LogP contribution in [0.5, 0.6) is 0 Å².